The second-order valence-corrected chi connectivity index (χ2v) is 17.4. The fourth-order valence-corrected chi connectivity index (χ4v) is 7.02. The van der Waals surface area contributed by atoms with Crippen LogP contribution in [0.15, 0.2) is 97.2 Å². The molecule has 0 saturated carbocycles. The van der Waals surface area contributed by atoms with Crippen LogP contribution < -0.4 is 0 Å². The molecule has 0 aliphatic rings. The summed E-state index contributed by atoms with van der Waals surface area (Å²) in [5, 5.41) is 0. The summed E-state index contributed by atoms with van der Waals surface area (Å²) in [6.07, 6.45) is 69.7. The van der Waals surface area contributed by atoms with Gasteiger partial charge in [0.25, 0.3) is 0 Å². The normalized spacial score (nSPS) is 12.8. The monoisotopic (exact) mass is 903 g/mol. The van der Waals surface area contributed by atoms with Gasteiger partial charge in [0.1, 0.15) is 13.2 Å². The third-order valence-corrected chi connectivity index (χ3v) is 11.0. The minimum atomic E-state index is -0.812. The molecule has 65 heavy (non-hydrogen) atoms. The van der Waals surface area contributed by atoms with E-state index in [2.05, 4.69) is 118 Å². The number of rotatable bonds is 47. The van der Waals surface area contributed by atoms with Crippen LogP contribution in [0.1, 0.15) is 239 Å². The van der Waals surface area contributed by atoms with Crippen molar-refractivity contribution >= 4 is 17.9 Å². The Balaban J connectivity index is 4.45. The molecule has 0 amide bonds. The van der Waals surface area contributed by atoms with E-state index in [1.807, 2.05) is 0 Å². The number of carbonyl (C=O) groups is 3. The smallest absolute Gasteiger partial charge is 0.306 e. The van der Waals surface area contributed by atoms with Crippen LogP contribution in [-0.2, 0) is 28.6 Å². The minimum Gasteiger partial charge on any atom is -0.462 e. The van der Waals surface area contributed by atoms with Crippen LogP contribution in [0.5, 0.6) is 0 Å². The van der Waals surface area contributed by atoms with Gasteiger partial charge in [-0.25, -0.2) is 0 Å². The van der Waals surface area contributed by atoms with E-state index in [9.17, 15) is 14.4 Å². The molecule has 370 valence electrons. The van der Waals surface area contributed by atoms with Gasteiger partial charge < -0.3 is 14.2 Å². The first-order chi connectivity index (χ1) is 32.0. The maximum atomic E-state index is 12.8. The molecule has 0 fully saturated rings. The minimum absolute atomic E-state index is 0.106. The Morgan fingerprint density at radius 1 is 0.323 bits per heavy atom. The average Bonchev–Trinajstić information content (AvgIpc) is 3.30. The van der Waals surface area contributed by atoms with Gasteiger partial charge in [-0.1, -0.05) is 208 Å². The van der Waals surface area contributed by atoms with E-state index in [0.29, 0.717) is 19.3 Å². The number of hydrogen-bond donors (Lipinski definition) is 0. The van der Waals surface area contributed by atoms with Crippen molar-refractivity contribution in [2.75, 3.05) is 13.2 Å². The lowest BCUT2D eigenvalue weighted by Crippen LogP contribution is -2.30. The molecular formula is C59H98O6. The highest BCUT2D eigenvalue weighted by Crippen LogP contribution is 2.14. The molecular weight excluding hydrogens is 805 g/mol. The van der Waals surface area contributed by atoms with E-state index < -0.39 is 6.10 Å². The number of esters is 3. The fourth-order valence-electron chi connectivity index (χ4n) is 7.02. The van der Waals surface area contributed by atoms with Crippen LogP contribution in [0.4, 0.5) is 0 Å². The first-order valence-corrected chi connectivity index (χ1v) is 26.7. The Bertz CT molecular complexity index is 1310. The van der Waals surface area contributed by atoms with Crippen LogP contribution in [0.3, 0.4) is 0 Å². The van der Waals surface area contributed by atoms with Crippen molar-refractivity contribution < 1.29 is 28.6 Å². The Labute approximate surface area is 400 Å². The van der Waals surface area contributed by atoms with Crippen LogP contribution in [0.25, 0.3) is 0 Å². The van der Waals surface area contributed by atoms with Crippen LogP contribution in [0.2, 0.25) is 0 Å². The van der Waals surface area contributed by atoms with Crippen molar-refractivity contribution in [3.05, 3.63) is 97.2 Å². The van der Waals surface area contributed by atoms with Crippen molar-refractivity contribution in [1.29, 1.82) is 0 Å². The zero-order valence-electron chi connectivity index (χ0n) is 42.2. The van der Waals surface area contributed by atoms with Gasteiger partial charge in [0.2, 0.25) is 0 Å². The largest absolute Gasteiger partial charge is 0.462 e. The van der Waals surface area contributed by atoms with Gasteiger partial charge in [-0.2, -0.15) is 0 Å². The molecule has 0 heterocycles. The highest BCUT2D eigenvalue weighted by molar-refractivity contribution is 5.71. The van der Waals surface area contributed by atoms with Crippen molar-refractivity contribution in [2.45, 2.75) is 245 Å². The predicted molar refractivity (Wildman–Crippen MR) is 279 cm³/mol. The first-order valence-electron chi connectivity index (χ1n) is 26.7. The molecule has 6 nitrogen and oxygen atoms in total. The molecule has 1 atom stereocenters. The van der Waals surface area contributed by atoms with Gasteiger partial charge in [0.15, 0.2) is 6.10 Å². The molecule has 0 saturated heterocycles. The summed E-state index contributed by atoms with van der Waals surface area (Å²) in [7, 11) is 0. The highest BCUT2D eigenvalue weighted by atomic mass is 16.6. The molecule has 6 heteroatoms. The highest BCUT2D eigenvalue weighted by Gasteiger charge is 2.19. The van der Waals surface area contributed by atoms with Crippen LogP contribution >= 0.6 is 0 Å². The molecule has 0 spiro atoms. The number of carbonyl (C=O) groups excluding carboxylic acids is 3. The van der Waals surface area contributed by atoms with E-state index in [-0.39, 0.29) is 37.5 Å². The van der Waals surface area contributed by atoms with Crippen molar-refractivity contribution in [1.82, 2.24) is 0 Å². The standard InChI is InChI=1S/C59H98O6/c1-4-7-10-13-16-19-22-24-26-28-29-31-32-34-37-40-43-46-49-52-58(61)64-55-56(54-63-57(60)51-48-45-42-39-36-21-18-15-12-9-6-3)65-59(62)53-50-47-44-41-38-35-33-30-27-25-23-20-17-14-11-8-5-2/h8,11,15-20,24-27,33,35,41,44,56H,4-7,9-10,12-14,21-23,28-32,34,36-40,42-43,45-55H2,1-3H3/b11-8-,18-15-,19-16-,20-17-,26-24-,27-25-,35-33-,44-41-/t56-/m1/s1. The van der Waals surface area contributed by atoms with Gasteiger partial charge in [0.05, 0.1) is 0 Å². The Kier molecular flexibility index (Phi) is 50.0. The first kappa shape index (κ1) is 61.3. The van der Waals surface area contributed by atoms with E-state index in [0.717, 1.165) is 96.3 Å². The second-order valence-electron chi connectivity index (χ2n) is 17.4. The lowest BCUT2D eigenvalue weighted by Gasteiger charge is -2.18. The van der Waals surface area contributed by atoms with Gasteiger partial charge in [-0.3, -0.25) is 14.4 Å². The topological polar surface area (TPSA) is 78.9 Å². The molecule has 0 rings (SSSR count). The summed E-state index contributed by atoms with van der Waals surface area (Å²) in [6, 6.07) is 0. The fraction of sp³-hybridized carbons (Fsp3) is 0.678. The number of hydrogen-bond acceptors (Lipinski definition) is 6. The summed E-state index contributed by atoms with van der Waals surface area (Å²) in [5.41, 5.74) is 0. The van der Waals surface area contributed by atoms with Crippen molar-refractivity contribution in [3.63, 3.8) is 0 Å². The summed E-state index contributed by atoms with van der Waals surface area (Å²) >= 11 is 0. The van der Waals surface area contributed by atoms with Gasteiger partial charge in [0, 0.05) is 19.3 Å². The molecule has 0 aromatic rings. The number of allylic oxidation sites excluding steroid dienone is 16. The van der Waals surface area contributed by atoms with E-state index in [1.54, 1.807) is 0 Å². The molecule has 0 radical (unpaired) electrons. The number of ether oxygens (including phenoxy) is 3. The third kappa shape index (κ3) is 51.2. The zero-order chi connectivity index (χ0) is 47.2. The van der Waals surface area contributed by atoms with Gasteiger partial charge in [-0.05, 0) is 109 Å². The molecule has 0 N–H and O–H groups in total. The summed E-state index contributed by atoms with van der Waals surface area (Å²) in [6.45, 7) is 6.40. The SMILES string of the molecule is CC/C=C\C/C=C\C/C=C\C/C=C\C/C=C\CCCC(=O)O[C@H](COC(=O)CCCCCCC/C=C\CCCC)COC(=O)CCCCCCCCCCC/C=C\C/C=C\CCCCC. The molecule has 0 aromatic heterocycles. The summed E-state index contributed by atoms with van der Waals surface area (Å²) in [5.74, 6) is -0.981. The molecule has 0 aliphatic carbocycles. The second kappa shape index (κ2) is 52.9. The molecule has 0 unspecified atom stereocenters. The Hall–Kier alpha value is -3.67. The average molecular weight is 903 g/mol. The molecule has 0 aliphatic heterocycles. The van der Waals surface area contributed by atoms with Crippen molar-refractivity contribution in [3.8, 4) is 0 Å². The lowest BCUT2D eigenvalue weighted by molar-refractivity contribution is -0.167. The van der Waals surface area contributed by atoms with E-state index in [4.69, 9.17) is 14.2 Å². The lowest BCUT2D eigenvalue weighted by atomic mass is 10.1. The van der Waals surface area contributed by atoms with E-state index in [1.165, 1.54) is 96.3 Å². The van der Waals surface area contributed by atoms with Gasteiger partial charge in [-0.15, -0.1) is 0 Å². The van der Waals surface area contributed by atoms with Gasteiger partial charge >= 0.3 is 17.9 Å². The molecule has 0 bridgehead atoms. The summed E-state index contributed by atoms with van der Waals surface area (Å²) in [4.78, 5) is 38.0. The maximum absolute atomic E-state index is 12.8. The zero-order valence-corrected chi connectivity index (χ0v) is 42.2. The molecule has 0 aromatic carbocycles. The third-order valence-electron chi connectivity index (χ3n) is 11.0. The Morgan fingerprint density at radius 3 is 1.05 bits per heavy atom. The number of unbranched alkanes of at least 4 members (excludes halogenated alkanes) is 20. The Morgan fingerprint density at radius 2 is 0.631 bits per heavy atom. The quantitative estimate of drug-likeness (QED) is 0.0262. The van der Waals surface area contributed by atoms with Crippen LogP contribution in [0, 0.1) is 0 Å². The van der Waals surface area contributed by atoms with Crippen molar-refractivity contribution in [2.24, 2.45) is 0 Å². The maximum Gasteiger partial charge on any atom is 0.306 e. The summed E-state index contributed by atoms with van der Waals surface area (Å²) < 4.78 is 16.7. The van der Waals surface area contributed by atoms with E-state index >= 15 is 0 Å². The predicted octanol–water partition coefficient (Wildman–Crippen LogP) is 17.8. The van der Waals surface area contributed by atoms with Crippen LogP contribution in [-0.4, -0.2) is 37.2 Å².